The summed E-state index contributed by atoms with van der Waals surface area (Å²) in [5, 5.41) is 0. The highest BCUT2D eigenvalue weighted by Crippen LogP contribution is 2.15. The standard InChI is InChI=1S/C8H8FNOS/c1-5(11)8-7(9)3-6(12-2)4-10-8/h3-4H,1-2H3. The van der Waals surface area contributed by atoms with Crippen LogP contribution in [0.3, 0.4) is 0 Å². The Hall–Kier alpha value is -0.900. The molecule has 0 N–H and O–H groups in total. The van der Waals surface area contributed by atoms with Crippen LogP contribution in [0.2, 0.25) is 0 Å². The number of carbonyl (C=O) groups is 1. The van der Waals surface area contributed by atoms with E-state index in [0.29, 0.717) is 0 Å². The molecular formula is C8H8FNOS. The van der Waals surface area contributed by atoms with Crippen LogP contribution in [0.1, 0.15) is 17.4 Å². The number of rotatable bonds is 2. The molecule has 2 nitrogen and oxygen atoms in total. The van der Waals surface area contributed by atoms with E-state index < -0.39 is 5.82 Å². The number of ketones is 1. The lowest BCUT2D eigenvalue weighted by Crippen LogP contribution is -2.00. The second-order valence-electron chi connectivity index (χ2n) is 2.26. The van der Waals surface area contributed by atoms with E-state index >= 15 is 0 Å². The molecule has 0 bridgehead atoms. The van der Waals surface area contributed by atoms with Gasteiger partial charge in [0.05, 0.1) is 0 Å². The van der Waals surface area contributed by atoms with E-state index in [0.717, 1.165) is 4.90 Å². The van der Waals surface area contributed by atoms with Crippen molar-refractivity contribution in [2.24, 2.45) is 0 Å². The second kappa shape index (κ2) is 3.67. The zero-order valence-electron chi connectivity index (χ0n) is 6.80. The minimum absolute atomic E-state index is 0.0900. The van der Waals surface area contributed by atoms with Crippen molar-refractivity contribution in [3.05, 3.63) is 23.8 Å². The Balaban J connectivity index is 3.12. The number of Topliss-reactive ketones (excluding diaryl/α,β-unsaturated/α-hetero) is 1. The fourth-order valence-corrected chi connectivity index (χ4v) is 1.17. The van der Waals surface area contributed by atoms with Gasteiger partial charge in [-0.1, -0.05) is 0 Å². The number of thioether (sulfide) groups is 1. The summed E-state index contributed by atoms with van der Waals surface area (Å²) < 4.78 is 13.0. The van der Waals surface area contributed by atoms with Gasteiger partial charge in [0.2, 0.25) is 0 Å². The minimum atomic E-state index is -0.547. The molecule has 0 amide bonds. The Bertz CT molecular complexity index is 314. The van der Waals surface area contributed by atoms with Crippen LogP contribution >= 0.6 is 11.8 Å². The third-order valence-electron chi connectivity index (χ3n) is 1.39. The monoisotopic (exact) mass is 185 g/mol. The van der Waals surface area contributed by atoms with Crippen molar-refractivity contribution in [3.8, 4) is 0 Å². The van der Waals surface area contributed by atoms with Gasteiger partial charge in [-0.2, -0.15) is 0 Å². The highest BCUT2D eigenvalue weighted by molar-refractivity contribution is 7.98. The SMILES string of the molecule is CSc1cnc(C(C)=O)c(F)c1. The number of hydrogen-bond donors (Lipinski definition) is 0. The Labute approximate surface area is 74.2 Å². The molecule has 1 rings (SSSR count). The number of carbonyl (C=O) groups excluding carboxylic acids is 1. The van der Waals surface area contributed by atoms with Gasteiger partial charge in [-0.05, 0) is 12.3 Å². The van der Waals surface area contributed by atoms with E-state index in [4.69, 9.17) is 0 Å². The highest BCUT2D eigenvalue weighted by Gasteiger charge is 2.08. The van der Waals surface area contributed by atoms with E-state index in [-0.39, 0.29) is 11.5 Å². The molecule has 0 saturated heterocycles. The fraction of sp³-hybridized carbons (Fsp3) is 0.250. The number of hydrogen-bond acceptors (Lipinski definition) is 3. The van der Waals surface area contributed by atoms with Crippen LogP contribution in [0, 0.1) is 5.82 Å². The molecule has 0 spiro atoms. The van der Waals surface area contributed by atoms with Gasteiger partial charge in [-0.25, -0.2) is 9.37 Å². The summed E-state index contributed by atoms with van der Waals surface area (Å²) in [5.41, 5.74) is -0.0900. The molecule has 0 aliphatic heterocycles. The summed E-state index contributed by atoms with van der Waals surface area (Å²) in [5.74, 6) is -0.894. The average molecular weight is 185 g/mol. The van der Waals surface area contributed by atoms with Crippen LogP contribution in [-0.4, -0.2) is 17.0 Å². The third kappa shape index (κ3) is 1.82. The van der Waals surface area contributed by atoms with E-state index in [2.05, 4.69) is 4.98 Å². The van der Waals surface area contributed by atoms with Crippen molar-refractivity contribution < 1.29 is 9.18 Å². The molecule has 0 radical (unpaired) electrons. The molecule has 64 valence electrons. The molecule has 1 heterocycles. The van der Waals surface area contributed by atoms with Gasteiger partial charge < -0.3 is 0 Å². The van der Waals surface area contributed by atoms with Crippen LogP contribution in [0.15, 0.2) is 17.2 Å². The molecule has 0 aliphatic rings. The lowest BCUT2D eigenvalue weighted by atomic mass is 10.2. The van der Waals surface area contributed by atoms with Crippen molar-refractivity contribution in [1.29, 1.82) is 0 Å². The van der Waals surface area contributed by atoms with Gasteiger partial charge in [-0.3, -0.25) is 4.79 Å². The predicted octanol–water partition coefficient (Wildman–Crippen LogP) is 2.15. The lowest BCUT2D eigenvalue weighted by molar-refractivity contribution is 0.100. The molecule has 0 aliphatic carbocycles. The zero-order chi connectivity index (χ0) is 9.14. The normalized spacial score (nSPS) is 9.92. The van der Waals surface area contributed by atoms with Gasteiger partial charge >= 0.3 is 0 Å². The second-order valence-corrected chi connectivity index (χ2v) is 3.14. The first-order valence-electron chi connectivity index (χ1n) is 3.35. The molecule has 0 aromatic carbocycles. The van der Waals surface area contributed by atoms with Gasteiger partial charge in [0.15, 0.2) is 11.6 Å². The van der Waals surface area contributed by atoms with E-state index in [1.165, 1.54) is 30.9 Å². The molecule has 0 atom stereocenters. The Morgan fingerprint density at radius 1 is 1.67 bits per heavy atom. The first kappa shape index (κ1) is 9.19. The fourth-order valence-electron chi connectivity index (χ4n) is 0.791. The summed E-state index contributed by atoms with van der Waals surface area (Å²) >= 11 is 1.39. The Morgan fingerprint density at radius 3 is 2.75 bits per heavy atom. The van der Waals surface area contributed by atoms with E-state index in [1.807, 2.05) is 6.26 Å². The zero-order valence-corrected chi connectivity index (χ0v) is 7.61. The van der Waals surface area contributed by atoms with Gasteiger partial charge in [0.25, 0.3) is 0 Å². The molecular weight excluding hydrogens is 177 g/mol. The summed E-state index contributed by atoms with van der Waals surface area (Å²) in [6.07, 6.45) is 3.31. The first-order valence-corrected chi connectivity index (χ1v) is 4.58. The highest BCUT2D eigenvalue weighted by atomic mass is 32.2. The van der Waals surface area contributed by atoms with Crippen molar-refractivity contribution in [3.63, 3.8) is 0 Å². The van der Waals surface area contributed by atoms with Crippen LogP contribution < -0.4 is 0 Å². The molecule has 0 saturated carbocycles. The average Bonchev–Trinajstić information content (AvgIpc) is 2.03. The van der Waals surface area contributed by atoms with Crippen LogP contribution in [0.25, 0.3) is 0 Å². The van der Waals surface area contributed by atoms with Crippen LogP contribution in [0.4, 0.5) is 4.39 Å². The maximum atomic E-state index is 13.0. The molecule has 1 aromatic heterocycles. The third-order valence-corrected chi connectivity index (χ3v) is 2.08. The molecule has 4 heteroatoms. The van der Waals surface area contributed by atoms with Crippen molar-refractivity contribution >= 4 is 17.5 Å². The van der Waals surface area contributed by atoms with E-state index in [9.17, 15) is 9.18 Å². The van der Waals surface area contributed by atoms with Crippen molar-refractivity contribution in [1.82, 2.24) is 4.98 Å². The number of nitrogens with zero attached hydrogens (tertiary/aromatic N) is 1. The van der Waals surface area contributed by atoms with Crippen LogP contribution in [0.5, 0.6) is 0 Å². The molecule has 12 heavy (non-hydrogen) atoms. The van der Waals surface area contributed by atoms with Crippen LogP contribution in [-0.2, 0) is 0 Å². The van der Waals surface area contributed by atoms with Gasteiger partial charge in [0.1, 0.15) is 5.69 Å². The molecule has 1 aromatic rings. The minimum Gasteiger partial charge on any atom is -0.293 e. The predicted molar refractivity (Wildman–Crippen MR) is 46.0 cm³/mol. The maximum Gasteiger partial charge on any atom is 0.181 e. The van der Waals surface area contributed by atoms with Crippen molar-refractivity contribution in [2.75, 3.05) is 6.26 Å². The van der Waals surface area contributed by atoms with Crippen molar-refractivity contribution in [2.45, 2.75) is 11.8 Å². The smallest absolute Gasteiger partial charge is 0.181 e. The molecule has 0 unspecified atom stereocenters. The largest absolute Gasteiger partial charge is 0.293 e. The van der Waals surface area contributed by atoms with E-state index in [1.54, 1.807) is 0 Å². The first-order chi connectivity index (χ1) is 5.65. The topological polar surface area (TPSA) is 30.0 Å². The molecule has 0 fully saturated rings. The number of aromatic nitrogens is 1. The van der Waals surface area contributed by atoms with Gasteiger partial charge in [-0.15, -0.1) is 11.8 Å². The van der Waals surface area contributed by atoms with Gasteiger partial charge in [0, 0.05) is 18.0 Å². The number of halogens is 1. The Kier molecular flexibility index (Phi) is 2.81. The maximum absolute atomic E-state index is 13.0. The summed E-state index contributed by atoms with van der Waals surface area (Å²) in [7, 11) is 0. The Morgan fingerprint density at radius 2 is 2.33 bits per heavy atom. The summed E-state index contributed by atoms with van der Waals surface area (Å²) in [4.78, 5) is 15.2. The number of pyridine rings is 1. The lowest BCUT2D eigenvalue weighted by Gasteiger charge is -1.98. The summed E-state index contributed by atoms with van der Waals surface area (Å²) in [6.45, 7) is 1.30. The quantitative estimate of drug-likeness (QED) is 0.522. The summed E-state index contributed by atoms with van der Waals surface area (Å²) in [6, 6.07) is 1.31.